The fourth-order valence-corrected chi connectivity index (χ4v) is 3.12. The van der Waals surface area contributed by atoms with Gasteiger partial charge in [-0.15, -0.1) is 0 Å². The van der Waals surface area contributed by atoms with Gasteiger partial charge in [0.1, 0.15) is 11.8 Å². The molecule has 1 fully saturated rings. The molecule has 0 saturated heterocycles. The average molecular weight is 278 g/mol. The van der Waals surface area contributed by atoms with Gasteiger partial charge in [0.15, 0.2) is 0 Å². The van der Waals surface area contributed by atoms with Crippen LogP contribution in [0.1, 0.15) is 62.9 Å². The quantitative estimate of drug-likeness (QED) is 0.837. The van der Waals surface area contributed by atoms with Crippen LogP contribution in [-0.4, -0.2) is 16.6 Å². The van der Waals surface area contributed by atoms with Crippen molar-refractivity contribution >= 4 is 11.7 Å². The molecule has 4 heteroatoms. The highest BCUT2D eigenvalue weighted by molar-refractivity contribution is 5.89. The number of anilines is 1. The summed E-state index contributed by atoms with van der Waals surface area (Å²) in [5.41, 5.74) is 7.02. The molecule has 112 valence electrons. The van der Waals surface area contributed by atoms with Gasteiger partial charge in [0.25, 0.3) is 0 Å². The van der Waals surface area contributed by atoms with Gasteiger partial charge in [0.2, 0.25) is 0 Å². The van der Waals surface area contributed by atoms with Gasteiger partial charge in [-0.2, -0.15) is 0 Å². The van der Waals surface area contributed by atoms with E-state index in [2.05, 4.69) is 13.8 Å². The fraction of sp³-hybridized carbons (Fsp3) is 0.688. The largest absolute Gasteiger partial charge is 0.457 e. The summed E-state index contributed by atoms with van der Waals surface area (Å²) in [5, 5.41) is 0. The van der Waals surface area contributed by atoms with Gasteiger partial charge in [-0.25, -0.2) is 4.79 Å². The van der Waals surface area contributed by atoms with Gasteiger partial charge >= 0.3 is 5.97 Å². The molecule has 0 spiro atoms. The third-order valence-electron chi connectivity index (χ3n) is 4.21. The zero-order valence-electron chi connectivity index (χ0n) is 12.6. The Morgan fingerprint density at radius 1 is 1.40 bits per heavy atom. The van der Waals surface area contributed by atoms with Gasteiger partial charge in [-0.1, -0.05) is 20.3 Å². The number of ether oxygens (including phenoxy) is 1. The SMILES string of the molecule is CCCn1cc(N)cc1C(=O)OC1CCCCC1CC. The Bertz CT molecular complexity index is 453. The Morgan fingerprint density at radius 3 is 2.85 bits per heavy atom. The first-order valence-electron chi connectivity index (χ1n) is 7.82. The molecule has 0 radical (unpaired) electrons. The number of carbonyl (C=O) groups is 1. The lowest BCUT2D eigenvalue weighted by Crippen LogP contribution is -2.30. The molecule has 0 aromatic carbocycles. The first-order chi connectivity index (χ1) is 9.65. The van der Waals surface area contributed by atoms with Crippen molar-refractivity contribution in [2.75, 3.05) is 5.73 Å². The van der Waals surface area contributed by atoms with E-state index in [1.54, 1.807) is 6.07 Å². The zero-order chi connectivity index (χ0) is 14.5. The summed E-state index contributed by atoms with van der Waals surface area (Å²) in [6.07, 6.45) is 8.52. The number of nitrogens with two attached hydrogens (primary N) is 1. The van der Waals surface area contributed by atoms with E-state index in [-0.39, 0.29) is 12.1 Å². The average Bonchev–Trinajstić information content (AvgIpc) is 2.81. The second-order valence-electron chi connectivity index (χ2n) is 5.75. The van der Waals surface area contributed by atoms with Crippen LogP contribution < -0.4 is 5.73 Å². The van der Waals surface area contributed by atoms with Crippen molar-refractivity contribution < 1.29 is 9.53 Å². The molecule has 1 heterocycles. The van der Waals surface area contributed by atoms with E-state index in [0.717, 1.165) is 32.2 Å². The molecule has 2 atom stereocenters. The highest BCUT2D eigenvalue weighted by Gasteiger charge is 2.28. The third kappa shape index (κ3) is 3.35. The maximum Gasteiger partial charge on any atom is 0.355 e. The summed E-state index contributed by atoms with van der Waals surface area (Å²) in [4.78, 5) is 12.4. The van der Waals surface area contributed by atoms with Gasteiger partial charge in [-0.05, 0) is 44.1 Å². The molecule has 1 aromatic heterocycles. The van der Waals surface area contributed by atoms with E-state index in [4.69, 9.17) is 10.5 Å². The lowest BCUT2D eigenvalue weighted by Gasteiger charge is -2.30. The standard InChI is InChI=1S/C16H26N2O2/c1-3-9-18-11-13(17)10-14(18)16(19)20-15-8-6-5-7-12(15)4-2/h10-12,15H,3-9,17H2,1-2H3. The van der Waals surface area contributed by atoms with Crippen molar-refractivity contribution in [1.29, 1.82) is 0 Å². The predicted octanol–water partition coefficient (Wildman–Crippen LogP) is 3.61. The molecule has 4 nitrogen and oxygen atoms in total. The number of aryl methyl sites for hydroxylation is 1. The minimum atomic E-state index is -0.222. The van der Waals surface area contributed by atoms with Crippen molar-refractivity contribution in [3.63, 3.8) is 0 Å². The van der Waals surface area contributed by atoms with Crippen molar-refractivity contribution in [1.82, 2.24) is 4.57 Å². The van der Waals surface area contributed by atoms with Crippen LogP contribution in [0.15, 0.2) is 12.3 Å². The van der Waals surface area contributed by atoms with Crippen molar-refractivity contribution in [2.24, 2.45) is 5.92 Å². The van der Waals surface area contributed by atoms with Crippen LogP contribution in [0.25, 0.3) is 0 Å². The van der Waals surface area contributed by atoms with Crippen molar-refractivity contribution in [3.8, 4) is 0 Å². The van der Waals surface area contributed by atoms with Gasteiger partial charge < -0.3 is 15.0 Å². The van der Waals surface area contributed by atoms with Crippen molar-refractivity contribution in [2.45, 2.75) is 65.0 Å². The first-order valence-corrected chi connectivity index (χ1v) is 7.82. The topological polar surface area (TPSA) is 57.2 Å². The second kappa shape index (κ2) is 6.82. The van der Waals surface area contributed by atoms with Gasteiger partial charge in [0, 0.05) is 12.7 Å². The number of nitrogens with zero attached hydrogens (tertiary/aromatic N) is 1. The van der Waals surface area contributed by atoms with E-state index in [1.807, 2.05) is 10.8 Å². The van der Waals surface area contributed by atoms with Gasteiger partial charge in [0.05, 0.1) is 5.69 Å². The highest BCUT2D eigenvalue weighted by atomic mass is 16.5. The van der Waals surface area contributed by atoms with Crippen LogP contribution in [0.4, 0.5) is 5.69 Å². The lowest BCUT2D eigenvalue weighted by molar-refractivity contribution is -0.000346. The van der Waals surface area contributed by atoms with E-state index in [0.29, 0.717) is 17.3 Å². The molecule has 0 amide bonds. The normalized spacial score (nSPS) is 22.7. The molecule has 0 aliphatic heterocycles. The Morgan fingerprint density at radius 2 is 2.15 bits per heavy atom. The fourth-order valence-electron chi connectivity index (χ4n) is 3.12. The van der Waals surface area contributed by atoms with Crippen LogP contribution in [-0.2, 0) is 11.3 Å². The Labute approximate surface area is 121 Å². The third-order valence-corrected chi connectivity index (χ3v) is 4.21. The molecule has 1 saturated carbocycles. The minimum Gasteiger partial charge on any atom is -0.457 e. The molecular formula is C16H26N2O2. The van der Waals surface area contributed by atoms with Crippen LogP contribution in [0.2, 0.25) is 0 Å². The molecule has 1 aliphatic carbocycles. The molecule has 2 rings (SSSR count). The van der Waals surface area contributed by atoms with E-state index in [1.165, 1.54) is 12.8 Å². The number of aromatic nitrogens is 1. The molecule has 2 N–H and O–H groups in total. The maximum atomic E-state index is 12.4. The summed E-state index contributed by atoms with van der Waals surface area (Å²) in [6.45, 7) is 5.05. The number of nitrogen functional groups attached to an aromatic ring is 1. The molecular weight excluding hydrogens is 252 g/mol. The summed E-state index contributed by atoms with van der Waals surface area (Å²) in [7, 11) is 0. The van der Waals surface area contributed by atoms with Crippen molar-refractivity contribution in [3.05, 3.63) is 18.0 Å². The van der Waals surface area contributed by atoms with Crippen LogP contribution in [0, 0.1) is 5.92 Å². The molecule has 2 unspecified atom stereocenters. The molecule has 1 aliphatic rings. The van der Waals surface area contributed by atoms with Gasteiger partial charge in [-0.3, -0.25) is 0 Å². The molecule has 1 aromatic rings. The summed E-state index contributed by atoms with van der Waals surface area (Å²) < 4.78 is 7.67. The first kappa shape index (κ1) is 14.9. The number of carbonyl (C=O) groups excluding carboxylic acids is 1. The van der Waals surface area contributed by atoms with E-state index in [9.17, 15) is 4.79 Å². The number of hydrogen-bond donors (Lipinski definition) is 1. The minimum absolute atomic E-state index is 0.0763. The Hall–Kier alpha value is -1.45. The summed E-state index contributed by atoms with van der Waals surface area (Å²) in [6, 6.07) is 1.72. The summed E-state index contributed by atoms with van der Waals surface area (Å²) >= 11 is 0. The predicted molar refractivity (Wildman–Crippen MR) is 80.6 cm³/mol. The smallest absolute Gasteiger partial charge is 0.355 e. The zero-order valence-corrected chi connectivity index (χ0v) is 12.6. The highest BCUT2D eigenvalue weighted by Crippen LogP contribution is 2.30. The second-order valence-corrected chi connectivity index (χ2v) is 5.75. The van der Waals surface area contributed by atoms with Crippen LogP contribution in [0.5, 0.6) is 0 Å². The van der Waals surface area contributed by atoms with E-state index < -0.39 is 0 Å². The maximum absolute atomic E-state index is 12.4. The molecule has 20 heavy (non-hydrogen) atoms. The monoisotopic (exact) mass is 278 g/mol. The van der Waals surface area contributed by atoms with Crippen LogP contribution in [0.3, 0.4) is 0 Å². The number of hydrogen-bond acceptors (Lipinski definition) is 3. The Balaban J connectivity index is 2.07. The lowest BCUT2D eigenvalue weighted by atomic mass is 9.85. The Kier molecular flexibility index (Phi) is 5.10. The van der Waals surface area contributed by atoms with E-state index >= 15 is 0 Å². The number of esters is 1. The number of rotatable bonds is 5. The molecule has 0 bridgehead atoms. The van der Waals surface area contributed by atoms with Crippen LogP contribution >= 0.6 is 0 Å². The summed E-state index contributed by atoms with van der Waals surface area (Å²) in [5.74, 6) is 0.292.